The molecule has 1 unspecified atom stereocenters. The highest BCUT2D eigenvalue weighted by atomic mass is 14.9. The average molecular weight is 190 g/mol. The van der Waals surface area contributed by atoms with Gasteiger partial charge in [0.25, 0.3) is 0 Å². The van der Waals surface area contributed by atoms with Gasteiger partial charge in [-0.25, -0.2) is 0 Å². The molecule has 2 rings (SSSR count). The molecular weight excluding hydrogens is 172 g/mol. The molecule has 0 saturated heterocycles. The highest BCUT2D eigenvalue weighted by Gasteiger charge is 2.08. The van der Waals surface area contributed by atoms with Crippen molar-refractivity contribution in [2.45, 2.75) is 25.8 Å². The smallest absolute Gasteiger partial charge is 0.0357 e. The Bertz CT molecular complexity index is 275. The van der Waals surface area contributed by atoms with Crippen molar-refractivity contribution in [2.24, 2.45) is 5.92 Å². The largest absolute Gasteiger partial charge is 0.364 e. The van der Waals surface area contributed by atoms with E-state index < -0.39 is 0 Å². The van der Waals surface area contributed by atoms with Crippen LogP contribution in [0, 0.1) is 5.92 Å². The van der Waals surface area contributed by atoms with Gasteiger partial charge in [0, 0.05) is 18.4 Å². The highest BCUT2D eigenvalue weighted by molar-refractivity contribution is 5.03. The fourth-order valence-electron chi connectivity index (χ4n) is 1.93. The first-order valence-corrected chi connectivity index (χ1v) is 5.43. The number of rotatable bonds is 4. The van der Waals surface area contributed by atoms with E-state index in [1.54, 1.807) is 0 Å². The first-order chi connectivity index (χ1) is 6.95. The van der Waals surface area contributed by atoms with E-state index >= 15 is 0 Å². The van der Waals surface area contributed by atoms with Crippen LogP contribution >= 0.6 is 0 Å². The third-order valence-electron chi connectivity index (χ3n) is 2.79. The quantitative estimate of drug-likeness (QED) is 0.701. The number of hydrogen-bond donors (Lipinski definition) is 2. The van der Waals surface area contributed by atoms with Crippen LogP contribution in [0.4, 0.5) is 0 Å². The van der Waals surface area contributed by atoms with Crippen LogP contribution in [-0.4, -0.2) is 11.5 Å². The molecule has 2 N–H and O–H groups in total. The van der Waals surface area contributed by atoms with Crippen LogP contribution < -0.4 is 5.32 Å². The van der Waals surface area contributed by atoms with E-state index in [-0.39, 0.29) is 0 Å². The summed E-state index contributed by atoms with van der Waals surface area (Å²) in [6, 6.07) is 4.16. The monoisotopic (exact) mass is 190 g/mol. The van der Waals surface area contributed by atoms with E-state index in [1.165, 1.54) is 25.0 Å². The van der Waals surface area contributed by atoms with Gasteiger partial charge in [-0.1, -0.05) is 12.2 Å². The Morgan fingerprint density at radius 3 is 3.14 bits per heavy atom. The number of allylic oxidation sites excluding steroid dienone is 2. The SMILES string of the molecule is C1=CCC(CNCc2ccc[nH]2)CC1. The van der Waals surface area contributed by atoms with Crippen LogP contribution in [0.1, 0.15) is 25.0 Å². The first-order valence-electron chi connectivity index (χ1n) is 5.43. The van der Waals surface area contributed by atoms with Gasteiger partial charge in [-0.15, -0.1) is 0 Å². The fraction of sp³-hybridized carbons (Fsp3) is 0.500. The van der Waals surface area contributed by atoms with Gasteiger partial charge in [0.1, 0.15) is 0 Å². The lowest BCUT2D eigenvalue weighted by atomic mass is 9.94. The second-order valence-electron chi connectivity index (χ2n) is 3.98. The molecule has 14 heavy (non-hydrogen) atoms. The molecule has 1 atom stereocenters. The van der Waals surface area contributed by atoms with Crippen LogP contribution in [0.3, 0.4) is 0 Å². The summed E-state index contributed by atoms with van der Waals surface area (Å²) in [5.41, 5.74) is 1.27. The minimum atomic E-state index is 0.843. The van der Waals surface area contributed by atoms with Crippen molar-refractivity contribution in [3.05, 3.63) is 36.2 Å². The maximum Gasteiger partial charge on any atom is 0.0357 e. The summed E-state index contributed by atoms with van der Waals surface area (Å²) in [5.74, 6) is 0.843. The molecule has 0 fully saturated rings. The van der Waals surface area contributed by atoms with Crippen molar-refractivity contribution < 1.29 is 0 Å². The van der Waals surface area contributed by atoms with Gasteiger partial charge in [-0.3, -0.25) is 0 Å². The summed E-state index contributed by atoms with van der Waals surface area (Å²) in [6.45, 7) is 2.11. The number of hydrogen-bond acceptors (Lipinski definition) is 1. The lowest BCUT2D eigenvalue weighted by Gasteiger charge is -2.17. The van der Waals surface area contributed by atoms with Gasteiger partial charge in [0.15, 0.2) is 0 Å². The van der Waals surface area contributed by atoms with Crippen molar-refractivity contribution in [1.82, 2.24) is 10.3 Å². The van der Waals surface area contributed by atoms with E-state index in [4.69, 9.17) is 0 Å². The predicted octanol–water partition coefficient (Wildman–Crippen LogP) is 2.46. The molecule has 0 spiro atoms. The van der Waals surface area contributed by atoms with Gasteiger partial charge >= 0.3 is 0 Å². The van der Waals surface area contributed by atoms with Gasteiger partial charge in [0.2, 0.25) is 0 Å². The molecule has 76 valence electrons. The molecule has 1 aromatic heterocycles. The molecule has 2 heteroatoms. The van der Waals surface area contributed by atoms with Crippen LogP contribution in [0.5, 0.6) is 0 Å². The van der Waals surface area contributed by atoms with E-state index in [1.807, 2.05) is 12.3 Å². The minimum Gasteiger partial charge on any atom is -0.364 e. The Kier molecular flexibility index (Phi) is 3.41. The van der Waals surface area contributed by atoms with E-state index in [0.717, 1.165) is 19.0 Å². The highest BCUT2D eigenvalue weighted by Crippen LogP contribution is 2.16. The van der Waals surface area contributed by atoms with Crippen LogP contribution in [-0.2, 0) is 6.54 Å². The van der Waals surface area contributed by atoms with Crippen molar-refractivity contribution in [3.63, 3.8) is 0 Å². The topological polar surface area (TPSA) is 27.8 Å². The summed E-state index contributed by atoms with van der Waals surface area (Å²) >= 11 is 0. The Hall–Kier alpha value is -1.02. The molecule has 1 aliphatic rings. The van der Waals surface area contributed by atoms with Gasteiger partial charge in [-0.2, -0.15) is 0 Å². The molecule has 0 amide bonds. The summed E-state index contributed by atoms with van der Waals surface area (Å²) in [4.78, 5) is 3.20. The minimum absolute atomic E-state index is 0.843. The predicted molar refractivity (Wildman–Crippen MR) is 59.0 cm³/mol. The van der Waals surface area contributed by atoms with Gasteiger partial charge in [0.05, 0.1) is 0 Å². The standard InChI is InChI=1S/C12H18N2/c1-2-5-11(6-3-1)9-13-10-12-7-4-8-14-12/h1-2,4,7-8,11,13-14H,3,5-6,9-10H2. The molecule has 1 heterocycles. The Labute approximate surface area is 85.4 Å². The number of nitrogens with one attached hydrogen (secondary N) is 2. The van der Waals surface area contributed by atoms with Crippen molar-refractivity contribution in [3.8, 4) is 0 Å². The zero-order chi connectivity index (χ0) is 9.64. The van der Waals surface area contributed by atoms with Gasteiger partial charge in [-0.05, 0) is 43.9 Å². The summed E-state index contributed by atoms with van der Waals surface area (Å²) in [5, 5.41) is 3.49. The van der Waals surface area contributed by atoms with E-state index in [9.17, 15) is 0 Å². The molecule has 0 bridgehead atoms. The van der Waals surface area contributed by atoms with Crippen LogP contribution in [0.2, 0.25) is 0 Å². The van der Waals surface area contributed by atoms with Crippen molar-refractivity contribution >= 4 is 0 Å². The third kappa shape index (κ3) is 2.74. The molecule has 0 aliphatic heterocycles. The number of H-pyrrole nitrogens is 1. The van der Waals surface area contributed by atoms with Crippen LogP contribution in [0.25, 0.3) is 0 Å². The normalized spacial score (nSPS) is 21.3. The Morgan fingerprint density at radius 1 is 1.43 bits per heavy atom. The Morgan fingerprint density at radius 2 is 2.43 bits per heavy atom. The lowest BCUT2D eigenvalue weighted by molar-refractivity contribution is 0.439. The average Bonchev–Trinajstić information content (AvgIpc) is 2.72. The molecule has 2 nitrogen and oxygen atoms in total. The summed E-state index contributed by atoms with van der Waals surface area (Å²) in [6.07, 6.45) is 10.4. The summed E-state index contributed by atoms with van der Waals surface area (Å²) < 4.78 is 0. The lowest BCUT2D eigenvalue weighted by Crippen LogP contribution is -2.23. The van der Waals surface area contributed by atoms with Crippen LogP contribution in [0.15, 0.2) is 30.5 Å². The van der Waals surface area contributed by atoms with Crippen molar-refractivity contribution in [2.75, 3.05) is 6.54 Å². The number of aromatic amines is 1. The van der Waals surface area contributed by atoms with E-state index in [0.29, 0.717) is 0 Å². The second-order valence-corrected chi connectivity index (χ2v) is 3.98. The molecule has 0 aromatic carbocycles. The molecular formula is C12H18N2. The van der Waals surface area contributed by atoms with E-state index in [2.05, 4.69) is 28.5 Å². The first kappa shape index (κ1) is 9.53. The maximum atomic E-state index is 3.49. The molecule has 0 radical (unpaired) electrons. The van der Waals surface area contributed by atoms with Crippen molar-refractivity contribution in [1.29, 1.82) is 0 Å². The maximum absolute atomic E-state index is 3.49. The molecule has 0 saturated carbocycles. The summed E-state index contributed by atoms with van der Waals surface area (Å²) in [7, 11) is 0. The third-order valence-corrected chi connectivity index (χ3v) is 2.79. The molecule has 1 aliphatic carbocycles. The van der Waals surface area contributed by atoms with Gasteiger partial charge < -0.3 is 10.3 Å². The zero-order valence-electron chi connectivity index (χ0n) is 8.50. The molecule has 1 aromatic rings. The Balaban J connectivity index is 1.65. The fourth-order valence-corrected chi connectivity index (χ4v) is 1.93. The zero-order valence-corrected chi connectivity index (χ0v) is 8.50. The number of aromatic nitrogens is 1. The second kappa shape index (κ2) is 5.01.